The van der Waals surface area contributed by atoms with Crippen LogP contribution < -0.4 is 4.74 Å². The number of halogens is 1. The molecule has 8 heteroatoms. The van der Waals surface area contributed by atoms with Crippen molar-refractivity contribution in [1.29, 1.82) is 0 Å². The molecular weight excluding hydrogens is 431 g/mol. The second kappa shape index (κ2) is 8.88. The Kier molecular flexibility index (Phi) is 6.17. The molecule has 0 unspecified atom stereocenters. The summed E-state index contributed by atoms with van der Waals surface area (Å²) in [4.78, 5) is 14.9. The Morgan fingerprint density at radius 1 is 0.938 bits per heavy atom. The van der Waals surface area contributed by atoms with E-state index < -0.39 is 15.8 Å². The lowest BCUT2D eigenvalue weighted by molar-refractivity contribution is -0.133. The first-order valence-electron chi connectivity index (χ1n) is 10.4. The number of ether oxygens (including phenoxy) is 1. The zero-order valence-corrected chi connectivity index (χ0v) is 18.8. The van der Waals surface area contributed by atoms with Crippen molar-refractivity contribution in [2.45, 2.75) is 17.7 Å². The molecule has 0 aromatic heterocycles. The number of sulfonamides is 1. The van der Waals surface area contributed by atoms with Crippen LogP contribution in [-0.2, 0) is 14.8 Å². The van der Waals surface area contributed by atoms with Gasteiger partial charge in [0.25, 0.3) is 0 Å². The Balaban J connectivity index is 1.43. The first-order chi connectivity index (χ1) is 15.3. The van der Waals surface area contributed by atoms with E-state index in [0.29, 0.717) is 13.1 Å². The molecular formula is C24H25FN2O4S. The van der Waals surface area contributed by atoms with Gasteiger partial charge in [-0.15, -0.1) is 0 Å². The summed E-state index contributed by atoms with van der Waals surface area (Å²) in [5, 5.41) is 2.06. The Labute approximate surface area is 187 Å². The first-order valence-corrected chi connectivity index (χ1v) is 11.9. The number of carbonyl (C=O) groups excluding carboxylic acids is 1. The maximum atomic E-state index is 13.1. The molecule has 3 aromatic rings. The highest BCUT2D eigenvalue weighted by atomic mass is 32.2. The molecule has 4 rings (SSSR count). The zero-order valence-electron chi connectivity index (χ0n) is 18.0. The van der Waals surface area contributed by atoms with Gasteiger partial charge in [0, 0.05) is 26.2 Å². The van der Waals surface area contributed by atoms with Gasteiger partial charge in [-0.25, -0.2) is 12.8 Å². The van der Waals surface area contributed by atoms with Crippen molar-refractivity contribution < 1.29 is 22.3 Å². The number of piperazine rings is 1. The molecule has 1 aliphatic heterocycles. The fourth-order valence-corrected chi connectivity index (χ4v) is 5.38. The summed E-state index contributed by atoms with van der Waals surface area (Å²) in [6.45, 7) is 2.91. The van der Waals surface area contributed by atoms with Crippen molar-refractivity contribution in [3.05, 3.63) is 72.0 Å². The van der Waals surface area contributed by atoms with Crippen LogP contribution in [0.5, 0.6) is 5.75 Å². The van der Waals surface area contributed by atoms with Gasteiger partial charge in [0.05, 0.1) is 17.9 Å². The van der Waals surface area contributed by atoms with Gasteiger partial charge in [0.15, 0.2) is 0 Å². The molecule has 0 spiro atoms. The van der Waals surface area contributed by atoms with Gasteiger partial charge in [-0.05, 0) is 59.7 Å². The number of amides is 1. The van der Waals surface area contributed by atoms with Crippen LogP contribution >= 0.6 is 0 Å². The number of carbonyl (C=O) groups is 1. The summed E-state index contributed by atoms with van der Waals surface area (Å²) in [6, 6.07) is 16.5. The summed E-state index contributed by atoms with van der Waals surface area (Å²) in [6.07, 6.45) is 0. The number of rotatable bonds is 5. The summed E-state index contributed by atoms with van der Waals surface area (Å²) in [5.41, 5.74) is 0.911. The van der Waals surface area contributed by atoms with E-state index in [0.717, 1.165) is 34.2 Å². The quantitative estimate of drug-likeness (QED) is 0.588. The summed E-state index contributed by atoms with van der Waals surface area (Å²) in [7, 11) is -2.09. The van der Waals surface area contributed by atoms with Crippen molar-refractivity contribution >= 4 is 26.7 Å². The topological polar surface area (TPSA) is 66.9 Å². The molecule has 1 atom stereocenters. The van der Waals surface area contributed by atoms with E-state index in [-0.39, 0.29) is 29.8 Å². The maximum Gasteiger partial charge on any atom is 0.243 e. The Morgan fingerprint density at radius 3 is 2.22 bits per heavy atom. The van der Waals surface area contributed by atoms with E-state index in [1.54, 1.807) is 12.0 Å². The highest BCUT2D eigenvalue weighted by Gasteiger charge is 2.31. The SMILES string of the molecule is COc1ccc2cc([C@H](C)C(=O)N3CCN(S(=O)(=O)c4ccc(F)cc4)CC3)ccc2c1. The third-order valence-corrected chi connectivity index (χ3v) is 7.86. The van der Waals surface area contributed by atoms with Crippen LogP contribution in [0.15, 0.2) is 65.6 Å². The van der Waals surface area contributed by atoms with Crippen LogP contribution in [0.2, 0.25) is 0 Å². The number of fused-ring (bicyclic) bond motifs is 1. The van der Waals surface area contributed by atoms with Crippen LogP contribution in [0.3, 0.4) is 0 Å². The van der Waals surface area contributed by atoms with Gasteiger partial charge in [-0.2, -0.15) is 4.31 Å². The molecule has 1 heterocycles. The molecule has 1 fully saturated rings. The molecule has 0 N–H and O–H groups in total. The molecule has 3 aromatic carbocycles. The Hall–Kier alpha value is -2.97. The highest BCUT2D eigenvalue weighted by Crippen LogP contribution is 2.27. The normalized spacial score (nSPS) is 16.2. The average molecular weight is 457 g/mol. The van der Waals surface area contributed by atoms with Gasteiger partial charge in [0.1, 0.15) is 11.6 Å². The molecule has 0 radical (unpaired) electrons. The smallest absolute Gasteiger partial charge is 0.243 e. The van der Waals surface area contributed by atoms with Gasteiger partial charge >= 0.3 is 0 Å². The van der Waals surface area contributed by atoms with Crippen LogP contribution in [0.4, 0.5) is 4.39 Å². The number of hydrogen-bond donors (Lipinski definition) is 0. The van der Waals surface area contributed by atoms with Gasteiger partial charge < -0.3 is 9.64 Å². The Morgan fingerprint density at radius 2 is 1.56 bits per heavy atom. The number of nitrogens with zero attached hydrogens (tertiary/aromatic N) is 2. The lowest BCUT2D eigenvalue weighted by atomic mass is 9.96. The molecule has 0 bridgehead atoms. The largest absolute Gasteiger partial charge is 0.497 e. The molecule has 32 heavy (non-hydrogen) atoms. The molecule has 0 saturated carbocycles. The first kappa shape index (κ1) is 22.2. The van der Waals surface area contributed by atoms with Gasteiger partial charge in [-0.3, -0.25) is 4.79 Å². The monoisotopic (exact) mass is 456 g/mol. The number of benzene rings is 3. The average Bonchev–Trinajstić information content (AvgIpc) is 2.82. The second-order valence-corrected chi connectivity index (χ2v) is 9.82. The van der Waals surface area contributed by atoms with E-state index in [9.17, 15) is 17.6 Å². The zero-order chi connectivity index (χ0) is 22.9. The summed E-state index contributed by atoms with van der Waals surface area (Å²) >= 11 is 0. The van der Waals surface area contributed by atoms with E-state index >= 15 is 0 Å². The van der Waals surface area contributed by atoms with Crippen LogP contribution in [0.25, 0.3) is 10.8 Å². The van der Waals surface area contributed by atoms with Crippen molar-refractivity contribution in [2.24, 2.45) is 0 Å². The number of hydrogen-bond acceptors (Lipinski definition) is 4. The third-order valence-electron chi connectivity index (χ3n) is 5.94. The molecule has 1 amide bonds. The van der Waals surface area contributed by atoms with Crippen molar-refractivity contribution in [2.75, 3.05) is 33.3 Å². The van der Waals surface area contributed by atoms with Crippen LogP contribution in [-0.4, -0.2) is 56.8 Å². The summed E-state index contributed by atoms with van der Waals surface area (Å²) < 4.78 is 45.3. The fraction of sp³-hybridized carbons (Fsp3) is 0.292. The van der Waals surface area contributed by atoms with Crippen LogP contribution in [0, 0.1) is 5.82 Å². The molecule has 0 aliphatic carbocycles. The predicted octanol–water partition coefficient (Wildman–Crippen LogP) is 3.62. The molecule has 1 saturated heterocycles. The highest BCUT2D eigenvalue weighted by molar-refractivity contribution is 7.89. The second-order valence-electron chi connectivity index (χ2n) is 7.88. The minimum Gasteiger partial charge on any atom is -0.497 e. The standard InChI is InChI=1S/C24H25FN2O4S/c1-17(18-3-4-20-16-22(31-2)8-5-19(20)15-18)24(28)26-11-13-27(14-12-26)32(29,30)23-9-6-21(25)7-10-23/h3-10,15-17H,11-14H2,1-2H3/t17-/m0/s1. The van der Waals surface area contributed by atoms with Crippen LogP contribution in [0.1, 0.15) is 18.4 Å². The summed E-state index contributed by atoms with van der Waals surface area (Å²) in [5.74, 6) is -0.0810. The minimum atomic E-state index is -3.71. The molecule has 6 nitrogen and oxygen atoms in total. The van der Waals surface area contributed by atoms with Gasteiger partial charge in [0.2, 0.25) is 15.9 Å². The number of methoxy groups -OCH3 is 1. The fourth-order valence-electron chi connectivity index (χ4n) is 3.96. The maximum absolute atomic E-state index is 13.1. The molecule has 168 valence electrons. The van der Waals surface area contributed by atoms with E-state index in [1.807, 2.05) is 43.3 Å². The van der Waals surface area contributed by atoms with E-state index in [4.69, 9.17) is 4.74 Å². The Bertz CT molecular complexity index is 1240. The lowest BCUT2D eigenvalue weighted by Crippen LogP contribution is -2.51. The van der Waals surface area contributed by atoms with Crippen molar-refractivity contribution in [3.63, 3.8) is 0 Å². The predicted molar refractivity (Wildman–Crippen MR) is 121 cm³/mol. The lowest BCUT2D eigenvalue weighted by Gasteiger charge is -2.35. The van der Waals surface area contributed by atoms with Crippen molar-refractivity contribution in [1.82, 2.24) is 9.21 Å². The minimum absolute atomic E-state index is 0.0308. The van der Waals surface area contributed by atoms with E-state index in [2.05, 4.69) is 0 Å². The van der Waals surface area contributed by atoms with Crippen molar-refractivity contribution in [3.8, 4) is 5.75 Å². The third kappa shape index (κ3) is 4.33. The van der Waals surface area contributed by atoms with E-state index in [1.165, 1.54) is 16.4 Å². The van der Waals surface area contributed by atoms with Gasteiger partial charge in [-0.1, -0.05) is 24.3 Å². The molecule has 1 aliphatic rings.